The molecule has 0 bridgehead atoms. The molecule has 7 heteroatoms. The molecule has 0 amide bonds. The summed E-state index contributed by atoms with van der Waals surface area (Å²) in [5.74, 6) is -1.75. The van der Waals surface area contributed by atoms with Crippen LogP contribution < -0.4 is 9.83 Å². The first-order valence-corrected chi connectivity index (χ1v) is 8.57. The maximum Gasteiger partial charge on any atom is 0.262 e. The number of hydrogen-bond donors (Lipinski definition) is 1. The largest absolute Gasteiger partial charge is 0.545 e. The number of carboxylic acids is 1. The van der Waals surface area contributed by atoms with Gasteiger partial charge in [0.2, 0.25) is 0 Å². The molecule has 0 saturated heterocycles. The summed E-state index contributed by atoms with van der Waals surface area (Å²) in [4.78, 5) is 22.5. The van der Waals surface area contributed by atoms with Gasteiger partial charge in [0.15, 0.2) is 5.78 Å². The van der Waals surface area contributed by atoms with E-state index in [1.165, 1.54) is 25.1 Å². The monoisotopic (exact) mass is 346 g/mol. The van der Waals surface area contributed by atoms with Crippen LogP contribution in [-0.2, 0) is 10.0 Å². The third-order valence-corrected chi connectivity index (χ3v) is 5.19. The standard InChI is InChI=1S/C17H17NO5S/c1-10-8-13(17(20)21)9-16(11(10)2)24(22,23)18-15-7-5-4-6-14(15)12(3)19/h4-9,18H,1-3H3,(H,20,21)/p-1. The van der Waals surface area contributed by atoms with E-state index in [0.29, 0.717) is 11.1 Å². The molecule has 0 atom stereocenters. The molecule has 0 unspecified atom stereocenters. The van der Waals surface area contributed by atoms with Crippen molar-refractivity contribution in [1.29, 1.82) is 0 Å². The van der Waals surface area contributed by atoms with E-state index in [1.807, 2.05) is 0 Å². The number of benzene rings is 2. The molecule has 0 radical (unpaired) electrons. The van der Waals surface area contributed by atoms with E-state index >= 15 is 0 Å². The lowest BCUT2D eigenvalue weighted by Crippen LogP contribution is -2.24. The fourth-order valence-electron chi connectivity index (χ4n) is 2.30. The summed E-state index contributed by atoms with van der Waals surface area (Å²) in [6, 6.07) is 8.61. The Balaban J connectivity index is 2.57. The molecule has 2 aromatic rings. The highest BCUT2D eigenvalue weighted by molar-refractivity contribution is 7.92. The van der Waals surface area contributed by atoms with Gasteiger partial charge in [-0.2, -0.15) is 0 Å². The smallest absolute Gasteiger partial charge is 0.262 e. The molecule has 0 aromatic heterocycles. The summed E-state index contributed by atoms with van der Waals surface area (Å²) >= 11 is 0. The van der Waals surface area contributed by atoms with Crippen molar-refractivity contribution in [3.05, 3.63) is 58.7 Å². The zero-order valence-corrected chi connectivity index (χ0v) is 14.2. The minimum absolute atomic E-state index is 0.140. The molecule has 2 rings (SSSR count). The Morgan fingerprint density at radius 2 is 1.71 bits per heavy atom. The first kappa shape index (κ1) is 17.7. The van der Waals surface area contributed by atoms with Crippen molar-refractivity contribution in [2.45, 2.75) is 25.7 Å². The number of aromatic carboxylic acids is 1. The third kappa shape index (κ3) is 3.46. The number of aryl methyl sites for hydroxylation is 1. The lowest BCUT2D eigenvalue weighted by atomic mass is 10.1. The number of anilines is 1. The molecule has 6 nitrogen and oxygen atoms in total. The van der Waals surface area contributed by atoms with Gasteiger partial charge in [-0.3, -0.25) is 9.52 Å². The Morgan fingerprint density at radius 3 is 2.29 bits per heavy atom. The number of nitrogens with one attached hydrogen (secondary N) is 1. The van der Waals surface area contributed by atoms with Crippen molar-refractivity contribution in [2.24, 2.45) is 0 Å². The summed E-state index contributed by atoms with van der Waals surface area (Å²) in [6.07, 6.45) is 0. The molecule has 0 aliphatic rings. The summed E-state index contributed by atoms with van der Waals surface area (Å²) in [6.45, 7) is 4.53. The number of sulfonamides is 1. The van der Waals surface area contributed by atoms with Crippen LogP contribution in [0.3, 0.4) is 0 Å². The Kier molecular flexibility index (Phi) is 4.75. The zero-order chi connectivity index (χ0) is 18.1. The highest BCUT2D eigenvalue weighted by Gasteiger charge is 2.21. The number of carbonyl (C=O) groups excluding carboxylic acids is 2. The van der Waals surface area contributed by atoms with Gasteiger partial charge in [-0.25, -0.2) is 8.42 Å². The molecule has 24 heavy (non-hydrogen) atoms. The van der Waals surface area contributed by atoms with Gasteiger partial charge in [-0.15, -0.1) is 0 Å². The molecule has 0 saturated carbocycles. The van der Waals surface area contributed by atoms with E-state index in [2.05, 4.69) is 4.72 Å². The first-order valence-electron chi connectivity index (χ1n) is 7.09. The number of carboxylic acid groups (broad SMARTS) is 1. The van der Waals surface area contributed by atoms with Crippen LogP contribution in [0.25, 0.3) is 0 Å². The summed E-state index contributed by atoms with van der Waals surface area (Å²) in [5, 5.41) is 11.1. The molecule has 0 heterocycles. The van der Waals surface area contributed by atoms with Crippen LogP contribution in [0.4, 0.5) is 5.69 Å². The Hall–Kier alpha value is -2.67. The van der Waals surface area contributed by atoms with E-state index in [0.717, 1.165) is 6.07 Å². The molecule has 0 spiro atoms. The Labute approximate surface area is 140 Å². The lowest BCUT2D eigenvalue weighted by Gasteiger charge is -2.16. The highest BCUT2D eigenvalue weighted by Crippen LogP contribution is 2.25. The van der Waals surface area contributed by atoms with Gasteiger partial charge in [0.25, 0.3) is 10.0 Å². The number of para-hydroxylation sites is 1. The molecule has 2 aromatic carbocycles. The van der Waals surface area contributed by atoms with Gasteiger partial charge in [0.1, 0.15) is 0 Å². The molecule has 0 aliphatic heterocycles. The fourth-order valence-corrected chi connectivity index (χ4v) is 3.73. The van der Waals surface area contributed by atoms with Gasteiger partial charge >= 0.3 is 0 Å². The number of rotatable bonds is 5. The summed E-state index contributed by atoms with van der Waals surface area (Å²) in [5.41, 5.74) is 1.08. The van der Waals surface area contributed by atoms with Crippen LogP contribution in [0.2, 0.25) is 0 Å². The van der Waals surface area contributed by atoms with E-state index in [1.54, 1.807) is 26.0 Å². The zero-order valence-electron chi connectivity index (χ0n) is 13.4. The number of Topliss-reactive ketones (excluding diaryl/α,β-unsaturated/α-hetero) is 1. The van der Waals surface area contributed by atoms with Crippen molar-refractivity contribution in [3.8, 4) is 0 Å². The van der Waals surface area contributed by atoms with Crippen LogP contribution in [0.5, 0.6) is 0 Å². The van der Waals surface area contributed by atoms with Crippen LogP contribution >= 0.6 is 0 Å². The number of carbonyl (C=O) groups is 2. The molecule has 1 N–H and O–H groups in total. The molecule has 126 valence electrons. The molecule has 0 fully saturated rings. The maximum absolute atomic E-state index is 12.7. The van der Waals surface area contributed by atoms with Crippen molar-refractivity contribution in [3.63, 3.8) is 0 Å². The molecule has 0 aliphatic carbocycles. The summed E-state index contributed by atoms with van der Waals surface area (Å²) < 4.78 is 27.7. The molecular weight excluding hydrogens is 330 g/mol. The Bertz CT molecular complexity index is 932. The van der Waals surface area contributed by atoms with E-state index < -0.39 is 16.0 Å². The fraction of sp³-hybridized carbons (Fsp3) is 0.176. The van der Waals surface area contributed by atoms with Gasteiger partial charge < -0.3 is 9.90 Å². The van der Waals surface area contributed by atoms with Crippen LogP contribution in [0.1, 0.15) is 38.8 Å². The quantitative estimate of drug-likeness (QED) is 0.830. The second-order valence-electron chi connectivity index (χ2n) is 5.41. The van der Waals surface area contributed by atoms with Gasteiger partial charge in [-0.1, -0.05) is 12.1 Å². The SMILES string of the molecule is CC(=O)c1ccccc1NS(=O)(=O)c1cc(C(=O)[O-])cc(C)c1C. The van der Waals surface area contributed by atoms with Gasteiger partial charge in [0.05, 0.1) is 16.6 Å². The third-order valence-electron chi connectivity index (χ3n) is 3.70. The summed E-state index contributed by atoms with van der Waals surface area (Å²) in [7, 11) is -4.07. The van der Waals surface area contributed by atoms with Gasteiger partial charge in [-0.05, 0) is 61.7 Å². The van der Waals surface area contributed by atoms with Crippen molar-refractivity contribution >= 4 is 27.5 Å². The van der Waals surface area contributed by atoms with E-state index in [4.69, 9.17) is 0 Å². The average Bonchev–Trinajstić information content (AvgIpc) is 2.49. The minimum atomic E-state index is -4.07. The molecular formula is C17H16NO5S-. The van der Waals surface area contributed by atoms with E-state index in [9.17, 15) is 23.1 Å². The predicted molar refractivity (Wildman–Crippen MR) is 87.5 cm³/mol. The van der Waals surface area contributed by atoms with Crippen LogP contribution in [0.15, 0.2) is 41.3 Å². The maximum atomic E-state index is 12.7. The lowest BCUT2D eigenvalue weighted by molar-refractivity contribution is -0.255. The van der Waals surface area contributed by atoms with Gasteiger partial charge in [0, 0.05) is 5.56 Å². The number of hydrogen-bond acceptors (Lipinski definition) is 5. The van der Waals surface area contributed by atoms with Crippen molar-refractivity contribution < 1.29 is 23.1 Å². The van der Waals surface area contributed by atoms with Crippen LogP contribution in [-0.4, -0.2) is 20.2 Å². The van der Waals surface area contributed by atoms with E-state index in [-0.39, 0.29) is 27.5 Å². The highest BCUT2D eigenvalue weighted by atomic mass is 32.2. The second-order valence-corrected chi connectivity index (χ2v) is 7.06. The minimum Gasteiger partial charge on any atom is -0.545 e. The number of ketones is 1. The van der Waals surface area contributed by atoms with Crippen LogP contribution in [0, 0.1) is 13.8 Å². The topological polar surface area (TPSA) is 103 Å². The normalized spacial score (nSPS) is 11.1. The first-order chi connectivity index (χ1) is 11.1. The van der Waals surface area contributed by atoms with Crippen molar-refractivity contribution in [2.75, 3.05) is 4.72 Å². The van der Waals surface area contributed by atoms with Crippen molar-refractivity contribution in [1.82, 2.24) is 0 Å². The average molecular weight is 346 g/mol. The predicted octanol–water partition coefficient (Wildman–Crippen LogP) is 1.67. The Morgan fingerprint density at radius 1 is 1.08 bits per heavy atom. The second kappa shape index (κ2) is 6.45.